The average molecular weight is 392 g/mol. The SMILES string of the molecule is O=c1c2ccccc2[nH]c2cc3c(=O)c4c(Cc5ncc[nH]5)cccc4[nH]c3cc12. The Morgan fingerprint density at radius 3 is 2.27 bits per heavy atom. The molecule has 0 unspecified atom stereocenters. The van der Waals surface area contributed by atoms with Crippen molar-refractivity contribution in [2.75, 3.05) is 0 Å². The van der Waals surface area contributed by atoms with E-state index >= 15 is 0 Å². The topological polar surface area (TPSA) is 94.4 Å². The van der Waals surface area contributed by atoms with Crippen LogP contribution in [0.3, 0.4) is 0 Å². The van der Waals surface area contributed by atoms with Gasteiger partial charge < -0.3 is 15.0 Å². The summed E-state index contributed by atoms with van der Waals surface area (Å²) in [5, 5.41) is 2.38. The first-order chi connectivity index (χ1) is 14.7. The van der Waals surface area contributed by atoms with Crippen LogP contribution in [-0.4, -0.2) is 19.9 Å². The van der Waals surface area contributed by atoms with Crippen molar-refractivity contribution >= 4 is 43.6 Å². The molecule has 0 bridgehead atoms. The van der Waals surface area contributed by atoms with Gasteiger partial charge in [0, 0.05) is 45.9 Å². The molecular formula is C24H16N4O2. The molecule has 0 saturated carbocycles. The number of aromatic amines is 3. The van der Waals surface area contributed by atoms with Crippen molar-refractivity contribution in [3.63, 3.8) is 0 Å². The van der Waals surface area contributed by atoms with E-state index < -0.39 is 0 Å². The zero-order valence-corrected chi connectivity index (χ0v) is 15.8. The molecule has 0 radical (unpaired) electrons. The van der Waals surface area contributed by atoms with Gasteiger partial charge in [0.15, 0.2) is 10.9 Å². The lowest BCUT2D eigenvalue weighted by atomic mass is 10.0. The number of fused-ring (bicyclic) bond motifs is 4. The predicted molar refractivity (Wildman–Crippen MR) is 119 cm³/mol. The molecule has 0 spiro atoms. The Balaban J connectivity index is 1.70. The molecule has 0 amide bonds. The molecule has 3 heterocycles. The second-order valence-corrected chi connectivity index (χ2v) is 7.45. The van der Waals surface area contributed by atoms with Gasteiger partial charge in [0.25, 0.3) is 0 Å². The average Bonchev–Trinajstić information content (AvgIpc) is 3.27. The fraction of sp³-hybridized carbons (Fsp3) is 0.0417. The van der Waals surface area contributed by atoms with Gasteiger partial charge in [-0.25, -0.2) is 4.98 Å². The van der Waals surface area contributed by atoms with Gasteiger partial charge in [0.2, 0.25) is 0 Å². The number of aromatic nitrogens is 4. The number of hydrogen-bond acceptors (Lipinski definition) is 3. The quantitative estimate of drug-likeness (QED) is 0.389. The van der Waals surface area contributed by atoms with Crippen LogP contribution in [0.1, 0.15) is 11.4 Å². The maximum atomic E-state index is 13.5. The molecular weight excluding hydrogens is 376 g/mol. The summed E-state index contributed by atoms with van der Waals surface area (Å²) in [6, 6.07) is 16.7. The highest BCUT2D eigenvalue weighted by molar-refractivity contribution is 6.03. The molecule has 6 nitrogen and oxygen atoms in total. The van der Waals surface area contributed by atoms with E-state index in [0.717, 1.165) is 22.4 Å². The van der Waals surface area contributed by atoms with Gasteiger partial charge >= 0.3 is 0 Å². The summed E-state index contributed by atoms with van der Waals surface area (Å²) < 4.78 is 0. The highest BCUT2D eigenvalue weighted by Gasteiger charge is 2.13. The lowest BCUT2D eigenvalue weighted by molar-refractivity contribution is 1.03. The molecule has 0 aliphatic carbocycles. The molecule has 0 aliphatic rings. The van der Waals surface area contributed by atoms with Crippen LogP contribution in [0.2, 0.25) is 0 Å². The Hall–Kier alpha value is -4.19. The van der Waals surface area contributed by atoms with E-state index in [1.165, 1.54) is 0 Å². The maximum absolute atomic E-state index is 13.5. The number of nitrogens with one attached hydrogen (secondary N) is 3. The van der Waals surface area contributed by atoms with E-state index in [9.17, 15) is 9.59 Å². The standard InChI is InChI=1S/C24H16N4O2/c29-23-14-5-1-2-6-17(14)27-19-12-16-20(11-15(19)23)28-18-7-3-4-13(22(18)24(16)30)10-21-25-8-9-26-21/h1-9,11-12H,10H2,(H,25,26)(H,27,29)(H,28,30). The summed E-state index contributed by atoms with van der Waals surface area (Å²) in [6.45, 7) is 0. The largest absolute Gasteiger partial charge is 0.354 e. The third kappa shape index (κ3) is 2.40. The third-order valence-electron chi connectivity index (χ3n) is 5.65. The highest BCUT2D eigenvalue weighted by atomic mass is 16.1. The summed E-state index contributed by atoms with van der Waals surface area (Å²) in [4.78, 5) is 40.5. The Morgan fingerprint density at radius 1 is 0.733 bits per heavy atom. The Bertz CT molecular complexity index is 1710. The van der Waals surface area contributed by atoms with Crippen molar-refractivity contribution in [1.82, 2.24) is 19.9 Å². The lowest BCUT2D eigenvalue weighted by Gasteiger charge is -2.09. The van der Waals surface area contributed by atoms with E-state index in [1.54, 1.807) is 24.5 Å². The summed E-state index contributed by atoms with van der Waals surface area (Å²) >= 11 is 0. The Kier molecular flexibility index (Phi) is 3.43. The monoisotopic (exact) mass is 392 g/mol. The maximum Gasteiger partial charge on any atom is 0.197 e. The van der Waals surface area contributed by atoms with Crippen LogP contribution in [0.15, 0.2) is 76.6 Å². The van der Waals surface area contributed by atoms with Gasteiger partial charge in [-0.1, -0.05) is 24.3 Å². The first-order valence-corrected chi connectivity index (χ1v) is 9.70. The van der Waals surface area contributed by atoms with Crippen molar-refractivity contribution < 1.29 is 0 Å². The van der Waals surface area contributed by atoms with E-state index in [4.69, 9.17) is 0 Å². The molecule has 0 fully saturated rings. The van der Waals surface area contributed by atoms with Crippen molar-refractivity contribution in [3.8, 4) is 0 Å². The lowest BCUT2D eigenvalue weighted by Crippen LogP contribution is -2.10. The summed E-state index contributed by atoms with van der Waals surface area (Å²) in [7, 11) is 0. The van der Waals surface area contributed by atoms with E-state index in [1.807, 2.05) is 42.5 Å². The van der Waals surface area contributed by atoms with Crippen LogP contribution >= 0.6 is 0 Å². The number of H-pyrrole nitrogens is 3. The molecule has 6 heteroatoms. The van der Waals surface area contributed by atoms with Crippen LogP contribution < -0.4 is 10.9 Å². The van der Waals surface area contributed by atoms with Gasteiger partial charge in [-0.2, -0.15) is 0 Å². The molecule has 6 aromatic rings. The van der Waals surface area contributed by atoms with Gasteiger partial charge in [-0.15, -0.1) is 0 Å². The number of nitrogens with zero attached hydrogens (tertiary/aromatic N) is 1. The number of benzene rings is 3. The number of hydrogen-bond donors (Lipinski definition) is 3. The predicted octanol–water partition coefficient (Wildman–Crippen LogP) is 3.99. The molecule has 0 saturated heterocycles. The fourth-order valence-electron chi connectivity index (χ4n) is 4.24. The van der Waals surface area contributed by atoms with Gasteiger partial charge in [0.05, 0.1) is 16.6 Å². The second-order valence-electron chi connectivity index (χ2n) is 7.45. The number of imidazole rings is 1. The zero-order valence-electron chi connectivity index (χ0n) is 15.8. The van der Waals surface area contributed by atoms with Crippen LogP contribution in [0.5, 0.6) is 0 Å². The molecule has 144 valence electrons. The number of para-hydroxylation sites is 1. The minimum absolute atomic E-state index is 0.0474. The molecule has 3 aromatic heterocycles. The van der Waals surface area contributed by atoms with Gasteiger partial charge in [0.1, 0.15) is 5.82 Å². The molecule has 6 rings (SSSR count). The highest BCUT2D eigenvalue weighted by Crippen LogP contribution is 2.23. The Labute approximate surface area is 169 Å². The van der Waals surface area contributed by atoms with E-state index in [-0.39, 0.29) is 10.9 Å². The van der Waals surface area contributed by atoms with E-state index in [0.29, 0.717) is 39.0 Å². The van der Waals surface area contributed by atoms with Crippen LogP contribution in [-0.2, 0) is 6.42 Å². The molecule has 0 aliphatic heterocycles. The Morgan fingerprint density at radius 2 is 1.47 bits per heavy atom. The summed E-state index contributed by atoms with van der Waals surface area (Å²) in [5.74, 6) is 0.802. The van der Waals surface area contributed by atoms with Crippen molar-refractivity contribution in [3.05, 3.63) is 98.8 Å². The summed E-state index contributed by atoms with van der Waals surface area (Å²) in [6.07, 6.45) is 4.01. The minimum Gasteiger partial charge on any atom is -0.354 e. The zero-order chi connectivity index (χ0) is 20.2. The molecule has 30 heavy (non-hydrogen) atoms. The third-order valence-corrected chi connectivity index (χ3v) is 5.65. The fourth-order valence-corrected chi connectivity index (χ4v) is 4.24. The smallest absolute Gasteiger partial charge is 0.197 e. The molecule has 3 aromatic carbocycles. The normalized spacial score (nSPS) is 11.7. The van der Waals surface area contributed by atoms with Crippen molar-refractivity contribution in [2.45, 2.75) is 6.42 Å². The van der Waals surface area contributed by atoms with Crippen LogP contribution in [0.4, 0.5) is 0 Å². The van der Waals surface area contributed by atoms with Crippen LogP contribution in [0, 0.1) is 0 Å². The minimum atomic E-state index is -0.0585. The molecule has 3 N–H and O–H groups in total. The van der Waals surface area contributed by atoms with Crippen molar-refractivity contribution in [1.29, 1.82) is 0 Å². The first-order valence-electron chi connectivity index (χ1n) is 9.70. The second kappa shape index (κ2) is 6.15. The number of pyridine rings is 2. The number of rotatable bonds is 2. The van der Waals surface area contributed by atoms with E-state index in [2.05, 4.69) is 19.9 Å². The first kappa shape index (κ1) is 16.7. The van der Waals surface area contributed by atoms with Gasteiger partial charge in [-0.3, -0.25) is 9.59 Å². The summed E-state index contributed by atoms with van der Waals surface area (Å²) in [5.41, 5.74) is 3.59. The van der Waals surface area contributed by atoms with Gasteiger partial charge in [-0.05, 0) is 35.9 Å². The van der Waals surface area contributed by atoms with Crippen molar-refractivity contribution in [2.24, 2.45) is 0 Å². The molecule has 0 atom stereocenters. The van der Waals surface area contributed by atoms with Crippen LogP contribution in [0.25, 0.3) is 43.6 Å².